The van der Waals surface area contributed by atoms with E-state index in [9.17, 15) is 13.2 Å². The number of alkyl halides is 2. The van der Waals surface area contributed by atoms with E-state index < -0.39 is 18.2 Å². The summed E-state index contributed by atoms with van der Waals surface area (Å²) in [6, 6.07) is 5.01. The number of ether oxygens (including phenoxy) is 1. The molecule has 0 bridgehead atoms. The van der Waals surface area contributed by atoms with Crippen LogP contribution in [0, 0.1) is 5.82 Å². The number of para-hydroxylation sites is 1. The smallest absolute Gasteiger partial charge is 0.387 e. The Hall–Kier alpha value is -1.19. The number of hydrogen-bond donors (Lipinski definition) is 0. The fourth-order valence-electron chi connectivity index (χ4n) is 0.636. The Morgan fingerprint density at radius 2 is 1.82 bits per heavy atom. The molecule has 0 aliphatic carbocycles. The van der Waals surface area contributed by atoms with Crippen molar-refractivity contribution < 1.29 is 17.9 Å². The molecule has 0 spiro atoms. The van der Waals surface area contributed by atoms with E-state index in [1.165, 1.54) is 12.1 Å². The third-order valence-electron chi connectivity index (χ3n) is 1.05. The van der Waals surface area contributed by atoms with E-state index >= 15 is 0 Å². The van der Waals surface area contributed by atoms with E-state index in [0.717, 1.165) is 12.1 Å². The van der Waals surface area contributed by atoms with Gasteiger partial charge in [-0.1, -0.05) is 12.1 Å². The minimum absolute atomic E-state index is 0.428. The minimum Gasteiger partial charge on any atom is -0.432 e. The fourth-order valence-corrected chi connectivity index (χ4v) is 0.636. The molecule has 0 saturated carbocycles. The first kappa shape index (κ1) is 7.91. The predicted molar refractivity (Wildman–Crippen MR) is 33.0 cm³/mol. The summed E-state index contributed by atoms with van der Waals surface area (Å²) in [6.45, 7) is -2.98. The molecule has 1 aromatic rings. The lowest BCUT2D eigenvalue weighted by Gasteiger charge is -2.03. The van der Waals surface area contributed by atoms with Gasteiger partial charge >= 0.3 is 6.61 Å². The summed E-state index contributed by atoms with van der Waals surface area (Å²) in [7, 11) is 0. The van der Waals surface area contributed by atoms with Crippen LogP contribution in [-0.2, 0) is 0 Å². The zero-order valence-electron chi connectivity index (χ0n) is 5.43. The molecule has 0 radical (unpaired) electrons. The Morgan fingerprint density at radius 3 is 2.36 bits per heavy atom. The second kappa shape index (κ2) is 3.27. The van der Waals surface area contributed by atoms with Crippen molar-refractivity contribution in [2.75, 3.05) is 0 Å². The molecular formula is C7H5F3O. The monoisotopic (exact) mass is 162 g/mol. The SMILES string of the molecule is Fc1ccccc1OC(F)F. The first-order valence-corrected chi connectivity index (χ1v) is 2.89. The van der Waals surface area contributed by atoms with E-state index in [1.54, 1.807) is 0 Å². The summed E-state index contributed by atoms with van der Waals surface area (Å²) in [6.07, 6.45) is 0. The van der Waals surface area contributed by atoms with Crippen molar-refractivity contribution in [3.63, 3.8) is 0 Å². The van der Waals surface area contributed by atoms with Crippen molar-refractivity contribution in [3.05, 3.63) is 30.1 Å². The second-order valence-corrected chi connectivity index (χ2v) is 1.81. The lowest BCUT2D eigenvalue weighted by Crippen LogP contribution is -2.03. The van der Waals surface area contributed by atoms with Gasteiger partial charge in [-0.3, -0.25) is 0 Å². The largest absolute Gasteiger partial charge is 0.432 e. The highest BCUT2D eigenvalue weighted by Crippen LogP contribution is 2.17. The normalized spacial score (nSPS) is 10.2. The highest BCUT2D eigenvalue weighted by atomic mass is 19.3. The van der Waals surface area contributed by atoms with E-state index in [2.05, 4.69) is 4.74 Å². The molecule has 0 fully saturated rings. The van der Waals surface area contributed by atoms with Crippen molar-refractivity contribution in [2.45, 2.75) is 6.61 Å². The first-order chi connectivity index (χ1) is 5.20. The van der Waals surface area contributed by atoms with Gasteiger partial charge in [0.15, 0.2) is 11.6 Å². The molecule has 0 heterocycles. The van der Waals surface area contributed by atoms with Gasteiger partial charge < -0.3 is 4.74 Å². The standard InChI is InChI=1S/C7H5F3O/c8-5-3-1-2-4-6(5)11-7(9)10/h1-4,7H. The molecule has 1 nitrogen and oxygen atoms in total. The summed E-state index contributed by atoms with van der Waals surface area (Å²) in [5.74, 6) is -1.21. The van der Waals surface area contributed by atoms with Gasteiger partial charge in [0, 0.05) is 0 Å². The maximum atomic E-state index is 12.5. The lowest BCUT2D eigenvalue weighted by atomic mass is 10.3. The van der Waals surface area contributed by atoms with Gasteiger partial charge in [-0.15, -0.1) is 0 Å². The van der Waals surface area contributed by atoms with Gasteiger partial charge in [0.25, 0.3) is 0 Å². The van der Waals surface area contributed by atoms with Crippen molar-refractivity contribution in [1.82, 2.24) is 0 Å². The van der Waals surface area contributed by atoms with Crippen LogP contribution in [0.5, 0.6) is 5.75 Å². The van der Waals surface area contributed by atoms with E-state index in [-0.39, 0.29) is 0 Å². The van der Waals surface area contributed by atoms with Gasteiger partial charge in [-0.05, 0) is 12.1 Å². The number of benzene rings is 1. The van der Waals surface area contributed by atoms with Gasteiger partial charge in [0.2, 0.25) is 0 Å². The molecule has 0 saturated heterocycles. The minimum atomic E-state index is -2.98. The molecule has 0 atom stereocenters. The molecule has 4 heteroatoms. The molecule has 60 valence electrons. The first-order valence-electron chi connectivity index (χ1n) is 2.89. The average Bonchev–Trinajstić information content (AvgIpc) is 1.93. The van der Waals surface area contributed by atoms with E-state index in [0.29, 0.717) is 0 Å². The van der Waals surface area contributed by atoms with E-state index in [4.69, 9.17) is 0 Å². The molecule has 1 aromatic carbocycles. The molecule has 0 unspecified atom stereocenters. The van der Waals surface area contributed by atoms with Crippen LogP contribution in [0.1, 0.15) is 0 Å². The average molecular weight is 162 g/mol. The van der Waals surface area contributed by atoms with Gasteiger partial charge in [-0.25, -0.2) is 4.39 Å². The van der Waals surface area contributed by atoms with Crippen LogP contribution in [-0.4, -0.2) is 6.61 Å². The highest BCUT2D eigenvalue weighted by molar-refractivity contribution is 5.23. The van der Waals surface area contributed by atoms with Gasteiger partial charge in [0.1, 0.15) is 0 Å². The fraction of sp³-hybridized carbons (Fsp3) is 0.143. The molecule has 0 aliphatic heterocycles. The summed E-state index contributed by atoms with van der Waals surface area (Å²) in [5, 5.41) is 0. The van der Waals surface area contributed by atoms with Gasteiger partial charge in [0.05, 0.1) is 0 Å². The van der Waals surface area contributed by atoms with Crippen LogP contribution in [0.15, 0.2) is 24.3 Å². The summed E-state index contributed by atoms with van der Waals surface area (Å²) in [5.41, 5.74) is 0. The number of rotatable bonds is 2. The third kappa shape index (κ3) is 2.14. The summed E-state index contributed by atoms with van der Waals surface area (Å²) in [4.78, 5) is 0. The Kier molecular flexibility index (Phi) is 2.36. The van der Waals surface area contributed by atoms with Crippen LogP contribution in [0.4, 0.5) is 13.2 Å². The maximum Gasteiger partial charge on any atom is 0.387 e. The maximum absolute atomic E-state index is 12.5. The van der Waals surface area contributed by atoms with Crippen LogP contribution in [0.25, 0.3) is 0 Å². The van der Waals surface area contributed by atoms with Crippen LogP contribution in [0.3, 0.4) is 0 Å². The quantitative estimate of drug-likeness (QED) is 0.648. The highest BCUT2D eigenvalue weighted by Gasteiger charge is 2.07. The lowest BCUT2D eigenvalue weighted by molar-refractivity contribution is -0.0521. The Balaban J connectivity index is 2.78. The van der Waals surface area contributed by atoms with Crippen molar-refractivity contribution >= 4 is 0 Å². The van der Waals surface area contributed by atoms with Crippen LogP contribution < -0.4 is 4.74 Å². The zero-order chi connectivity index (χ0) is 8.27. The van der Waals surface area contributed by atoms with Crippen molar-refractivity contribution in [1.29, 1.82) is 0 Å². The van der Waals surface area contributed by atoms with Crippen molar-refractivity contribution in [2.24, 2.45) is 0 Å². The Bertz CT molecular complexity index is 237. The molecule has 0 amide bonds. The molecule has 0 aliphatic rings. The van der Waals surface area contributed by atoms with Gasteiger partial charge in [-0.2, -0.15) is 8.78 Å². The molecule has 0 N–H and O–H groups in total. The zero-order valence-corrected chi connectivity index (χ0v) is 5.43. The Morgan fingerprint density at radius 1 is 1.18 bits per heavy atom. The van der Waals surface area contributed by atoms with E-state index in [1.807, 2.05) is 0 Å². The van der Waals surface area contributed by atoms with Crippen LogP contribution in [0.2, 0.25) is 0 Å². The summed E-state index contributed by atoms with van der Waals surface area (Å²) >= 11 is 0. The third-order valence-corrected chi connectivity index (χ3v) is 1.05. The molecule has 11 heavy (non-hydrogen) atoms. The summed E-state index contributed by atoms with van der Waals surface area (Å²) < 4.78 is 39.4. The molecular weight excluding hydrogens is 157 g/mol. The second-order valence-electron chi connectivity index (χ2n) is 1.81. The van der Waals surface area contributed by atoms with Crippen LogP contribution >= 0.6 is 0 Å². The topological polar surface area (TPSA) is 9.23 Å². The Labute approximate surface area is 61.4 Å². The molecule has 0 aromatic heterocycles. The molecule has 1 rings (SSSR count). The number of hydrogen-bond acceptors (Lipinski definition) is 1. The number of halogens is 3. The van der Waals surface area contributed by atoms with Crippen molar-refractivity contribution in [3.8, 4) is 5.75 Å². The predicted octanol–water partition coefficient (Wildman–Crippen LogP) is 2.43.